The molecule has 1 aromatic heterocycles. The molecule has 182 valence electrons. The highest BCUT2D eigenvalue weighted by Gasteiger charge is 2.34. The van der Waals surface area contributed by atoms with E-state index < -0.39 is 12.0 Å². The predicted octanol–water partition coefficient (Wildman–Crippen LogP) is 4.87. The number of halogens is 2. The van der Waals surface area contributed by atoms with Crippen LogP contribution < -0.4 is 14.9 Å². The van der Waals surface area contributed by atoms with E-state index in [0.29, 0.717) is 29.7 Å². The van der Waals surface area contributed by atoms with Crippen LogP contribution in [0.4, 0.5) is 0 Å². The van der Waals surface area contributed by atoms with E-state index in [-0.39, 0.29) is 17.9 Å². The number of carbonyl (C=O) groups is 1. The lowest BCUT2D eigenvalue weighted by Gasteiger charge is -2.25. The molecule has 36 heavy (non-hydrogen) atoms. The van der Waals surface area contributed by atoms with Gasteiger partial charge in [0.15, 0.2) is 4.80 Å². The summed E-state index contributed by atoms with van der Waals surface area (Å²) in [5.74, 6) is -0.369. The Hall–Kier alpha value is -2.51. The van der Waals surface area contributed by atoms with E-state index in [4.69, 9.17) is 4.74 Å². The zero-order chi connectivity index (χ0) is 25.6. The molecule has 1 aliphatic heterocycles. The van der Waals surface area contributed by atoms with E-state index in [1.54, 1.807) is 24.5 Å². The van der Waals surface area contributed by atoms with Crippen molar-refractivity contribution in [3.8, 4) is 5.75 Å². The van der Waals surface area contributed by atoms with Gasteiger partial charge in [0.2, 0.25) is 0 Å². The number of fused-ring (bicyclic) bond motifs is 2. The van der Waals surface area contributed by atoms with Crippen molar-refractivity contribution in [2.45, 2.75) is 19.9 Å². The molecule has 9 heteroatoms. The third kappa shape index (κ3) is 4.41. The number of carbonyl (C=O) groups excluding carboxylic acids is 1. The molecule has 0 saturated heterocycles. The second-order valence-corrected chi connectivity index (χ2v) is 11.6. The van der Waals surface area contributed by atoms with Crippen LogP contribution in [0.1, 0.15) is 31.0 Å². The number of phenolic OH excluding ortho intramolecular Hbond substituents is 1. The second-order valence-electron chi connectivity index (χ2n) is 8.20. The van der Waals surface area contributed by atoms with Crippen LogP contribution in [-0.4, -0.2) is 22.2 Å². The average molecular weight is 722 g/mol. The van der Waals surface area contributed by atoms with Crippen LogP contribution in [0.25, 0.3) is 16.8 Å². The van der Waals surface area contributed by atoms with Gasteiger partial charge in [-0.1, -0.05) is 53.8 Å². The number of nitrogens with zero attached hydrogens (tertiary/aromatic N) is 2. The number of rotatable bonds is 4. The van der Waals surface area contributed by atoms with Gasteiger partial charge in [-0.2, -0.15) is 0 Å². The van der Waals surface area contributed by atoms with E-state index in [1.165, 1.54) is 11.3 Å². The maximum Gasteiger partial charge on any atom is 0.338 e. The largest absolute Gasteiger partial charge is 0.506 e. The number of ether oxygens (including phenoxy) is 1. The minimum absolute atomic E-state index is 0.121. The van der Waals surface area contributed by atoms with Gasteiger partial charge in [-0.25, -0.2) is 9.79 Å². The van der Waals surface area contributed by atoms with Gasteiger partial charge in [0.1, 0.15) is 5.75 Å². The first-order valence-corrected chi connectivity index (χ1v) is 14.1. The molecule has 2 heterocycles. The van der Waals surface area contributed by atoms with Gasteiger partial charge < -0.3 is 9.84 Å². The average Bonchev–Trinajstić information content (AvgIpc) is 3.15. The molecule has 1 N–H and O–H groups in total. The third-order valence-electron chi connectivity index (χ3n) is 5.98. The number of hydrogen-bond acceptors (Lipinski definition) is 6. The van der Waals surface area contributed by atoms with Crippen LogP contribution in [0, 0.1) is 7.14 Å². The summed E-state index contributed by atoms with van der Waals surface area (Å²) in [5.41, 5.74) is 1.97. The molecule has 4 aromatic rings. The molecular weight excluding hydrogens is 702 g/mol. The van der Waals surface area contributed by atoms with Crippen molar-refractivity contribution < 1.29 is 14.6 Å². The van der Waals surface area contributed by atoms with Crippen LogP contribution in [-0.2, 0) is 9.53 Å². The molecule has 3 aromatic carbocycles. The summed E-state index contributed by atoms with van der Waals surface area (Å²) in [5, 5.41) is 12.6. The summed E-state index contributed by atoms with van der Waals surface area (Å²) in [6.45, 7) is 3.74. The van der Waals surface area contributed by atoms with Crippen LogP contribution >= 0.6 is 56.5 Å². The van der Waals surface area contributed by atoms with Gasteiger partial charge in [-0.15, -0.1) is 0 Å². The minimum atomic E-state index is -0.696. The molecular formula is C27H20I2N2O4S. The van der Waals surface area contributed by atoms with Crippen molar-refractivity contribution in [1.29, 1.82) is 0 Å². The standard InChI is InChI=1S/C27H20I2N2O4S/c1-3-35-26(34)22-14(2)30-27-31(23(22)19-10-6-8-15-7-4-5-9-18(15)19)25(33)21(36-27)12-16-11-17(28)13-20(29)24(16)32/h4-13,23,32H,3H2,1-2H3/b21-12+/t23-/m1/s1. The topological polar surface area (TPSA) is 80.9 Å². The van der Waals surface area contributed by atoms with E-state index in [9.17, 15) is 14.7 Å². The number of allylic oxidation sites excluding steroid dienone is 1. The van der Waals surface area contributed by atoms with E-state index in [0.717, 1.165) is 19.9 Å². The van der Waals surface area contributed by atoms with Crippen molar-refractivity contribution >= 4 is 79.3 Å². The Morgan fingerprint density at radius 2 is 1.94 bits per heavy atom. The van der Waals surface area contributed by atoms with Crippen molar-refractivity contribution in [1.82, 2.24) is 4.57 Å². The Labute approximate surface area is 237 Å². The van der Waals surface area contributed by atoms with Gasteiger partial charge in [0.25, 0.3) is 5.56 Å². The molecule has 0 spiro atoms. The smallest absolute Gasteiger partial charge is 0.338 e. The van der Waals surface area contributed by atoms with Crippen LogP contribution in [0.5, 0.6) is 5.75 Å². The van der Waals surface area contributed by atoms with Gasteiger partial charge in [-0.3, -0.25) is 9.36 Å². The number of hydrogen-bond donors (Lipinski definition) is 1. The molecule has 1 aliphatic rings. The molecule has 0 amide bonds. The van der Waals surface area contributed by atoms with Crippen LogP contribution in [0.3, 0.4) is 0 Å². The Bertz CT molecular complexity index is 1750. The number of esters is 1. The number of thiazole rings is 1. The van der Waals surface area contributed by atoms with E-state index >= 15 is 0 Å². The molecule has 5 rings (SSSR count). The van der Waals surface area contributed by atoms with Crippen molar-refractivity contribution in [2.24, 2.45) is 4.99 Å². The second kappa shape index (κ2) is 10.1. The maximum atomic E-state index is 13.9. The van der Waals surface area contributed by atoms with Crippen molar-refractivity contribution in [2.75, 3.05) is 6.61 Å². The zero-order valence-corrected chi connectivity index (χ0v) is 24.4. The van der Waals surface area contributed by atoms with Crippen molar-refractivity contribution in [3.63, 3.8) is 0 Å². The van der Waals surface area contributed by atoms with Gasteiger partial charge in [0.05, 0.1) is 32.0 Å². The van der Waals surface area contributed by atoms with E-state index in [1.807, 2.05) is 54.6 Å². The Morgan fingerprint density at radius 3 is 2.72 bits per heavy atom. The van der Waals surface area contributed by atoms with E-state index in [2.05, 4.69) is 50.2 Å². The third-order valence-corrected chi connectivity index (χ3v) is 8.41. The lowest BCUT2D eigenvalue weighted by molar-refractivity contribution is -0.139. The highest BCUT2D eigenvalue weighted by Crippen LogP contribution is 2.35. The highest BCUT2D eigenvalue weighted by molar-refractivity contribution is 14.1. The summed E-state index contributed by atoms with van der Waals surface area (Å²) in [7, 11) is 0. The summed E-state index contributed by atoms with van der Waals surface area (Å²) in [6.07, 6.45) is 1.69. The van der Waals surface area contributed by atoms with Gasteiger partial charge in [-0.05, 0) is 93.6 Å². The summed E-state index contributed by atoms with van der Waals surface area (Å²) in [6, 6.07) is 16.8. The minimum Gasteiger partial charge on any atom is -0.506 e. The van der Waals surface area contributed by atoms with Crippen molar-refractivity contribution in [3.05, 3.63) is 104 Å². The first-order valence-electron chi connectivity index (χ1n) is 11.2. The fourth-order valence-corrected chi connectivity index (χ4v) is 7.34. The molecule has 0 fully saturated rings. The highest BCUT2D eigenvalue weighted by atomic mass is 127. The fourth-order valence-electron chi connectivity index (χ4n) is 4.41. The predicted molar refractivity (Wildman–Crippen MR) is 158 cm³/mol. The monoisotopic (exact) mass is 722 g/mol. The lowest BCUT2D eigenvalue weighted by atomic mass is 9.91. The Morgan fingerprint density at radius 1 is 1.19 bits per heavy atom. The Kier molecular flexibility index (Phi) is 7.05. The maximum absolute atomic E-state index is 13.9. The zero-order valence-electron chi connectivity index (χ0n) is 19.3. The molecule has 1 atom stereocenters. The molecule has 0 saturated carbocycles. The number of aromatic nitrogens is 1. The van der Waals surface area contributed by atoms with Crippen LogP contribution in [0.2, 0.25) is 0 Å². The number of phenols is 1. The first-order chi connectivity index (χ1) is 17.3. The number of benzene rings is 3. The SMILES string of the molecule is CCOC(=O)C1=C(C)N=c2s/c(=C/c3cc(I)cc(I)c3O)c(=O)n2[C@@H]1c1cccc2ccccc12. The summed E-state index contributed by atoms with van der Waals surface area (Å²) in [4.78, 5) is 32.2. The van der Waals surface area contributed by atoms with Gasteiger partial charge in [0, 0.05) is 9.13 Å². The number of aromatic hydroxyl groups is 1. The first kappa shape index (κ1) is 25.2. The normalized spacial score (nSPS) is 15.7. The molecule has 0 aliphatic carbocycles. The quantitative estimate of drug-likeness (QED) is 0.241. The lowest BCUT2D eigenvalue weighted by Crippen LogP contribution is -2.40. The molecule has 0 bridgehead atoms. The Balaban J connectivity index is 1.82. The van der Waals surface area contributed by atoms with Gasteiger partial charge >= 0.3 is 5.97 Å². The summed E-state index contributed by atoms with van der Waals surface area (Å²) >= 11 is 5.49. The molecule has 6 nitrogen and oxygen atoms in total. The van der Waals surface area contributed by atoms with Crippen LogP contribution in [0.15, 0.2) is 75.7 Å². The summed E-state index contributed by atoms with van der Waals surface area (Å²) < 4.78 is 9.05. The molecule has 0 unspecified atom stereocenters. The fraction of sp³-hybridized carbons (Fsp3) is 0.148. The molecule has 0 radical (unpaired) electrons.